The van der Waals surface area contributed by atoms with Crippen molar-refractivity contribution in [2.45, 2.75) is 17.3 Å². The van der Waals surface area contributed by atoms with Gasteiger partial charge >= 0.3 is 0 Å². The van der Waals surface area contributed by atoms with Gasteiger partial charge in [0.15, 0.2) is 0 Å². The molecule has 3 heterocycles. The summed E-state index contributed by atoms with van der Waals surface area (Å²) in [5, 5.41) is 0. The van der Waals surface area contributed by atoms with Crippen LogP contribution in [-0.4, -0.2) is 45.5 Å². The van der Waals surface area contributed by atoms with E-state index >= 15 is 0 Å². The summed E-state index contributed by atoms with van der Waals surface area (Å²) in [5.74, 6) is -0.211. The second kappa shape index (κ2) is 6.29. The van der Waals surface area contributed by atoms with Crippen LogP contribution < -0.4 is 4.74 Å². The number of carbonyl (C=O) groups excluding carboxylic acids is 1. The van der Waals surface area contributed by atoms with Crippen LogP contribution in [0.1, 0.15) is 16.8 Å². The lowest BCUT2D eigenvalue weighted by Crippen LogP contribution is -2.60. The summed E-state index contributed by atoms with van der Waals surface area (Å²) in [7, 11) is 0. The molecule has 0 saturated carbocycles. The van der Waals surface area contributed by atoms with Gasteiger partial charge in [0.1, 0.15) is 23.5 Å². The number of benzene rings is 1. The monoisotopic (exact) mass is 362 g/mol. The standard InChI is InChI=1S/C18H16F2N2O2S/c19-13-4-12(5-14(20)6-13)17(23)22-10-18(11-22)7-16(9-25-18)24-15-2-1-3-21-8-15/h1-6,8,16H,7,9-11H2/t16-/m0/s1. The molecule has 2 fully saturated rings. The van der Waals surface area contributed by atoms with Gasteiger partial charge < -0.3 is 9.64 Å². The Bertz CT molecular complexity index is 777. The van der Waals surface area contributed by atoms with Gasteiger partial charge in [-0.05, 0) is 24.3 Å². The van der Waals surface area contributed by atoms with Crippen molar-refractivity contribution in [2.75, 3.05) is 18.8 Å². The summed E-state index contributed by atoms with van der Waals surface area (Å²) in [6, 6.07) is 6.62. The number of hydrogen-bond donors (Lipinski definition) is 0. The molecule has 4 rings (SSSR count). The fourth-order valence-corrected chi connectivity index (χ4v) is 4.88. The van der Waals surface area contributed by atoms with Gasteiger partial charge in [0.05, 0.1) is 10.9 Å². The Hall–Kier alpha value is -2.15. The summed E-state index contributed by atoms with van der Waals surface area (Å²) >= 11 is 1.79. The molecule has 2 aromatic rings. The van der Waals surface area contributed by atoms with E-state index in [1.165, 1.54) is 0 Å². The number of likely N-dealkylation sites (tertiary alicyclic amines) is 1. The first-order valence-electron chi connectivity index (χ1n) is 7.99. The summed E-state index contributed by atoms with van der Waals surface area (Å²) in [6.07, 6.45) is 4.30. The molecule has 0 bridgehead atoms. The lowest BCUT2D eigenvalue weighted by molar-refractivity contribution is 0.0517. The number of hydrogen-bond acceptors (Lipinski definition) is 4. The van der Waals surface area contributed by atoms with Gasteiger partial charge in [0, 0.05) is 43.1 Å². The molecule has 0 aliphatic carbocycles. The van der Waals surface area contributed by atoms with Gasteiger partial charge in [0.2, 0.25) is 0 Å². The smallest absolute Gasteiger partial charge is 0.254 e. The van der Waals surface area contributed by atoms with Gasteiger partial charge in [-0.25, -0.2) is 8.78 Å². The number of rotatable bonds is 3. The molecule has 1 amide bonds. The molecule has 2 saturated heterocycles. The average Bonchev–Trinajstić information content (AvgIpc) is 2.97. The van der Waals surface area contributed by atoms with E-state index in [9.17, 15) is 13.6 Å². The first kappa shape index (κ1) is 16.3. The predicted molar refractivity (Wildman–Crippen MR) is 90.7 cm³/mol. The molecule has 2 aliphatic heterocycles. The molecule has 7 heteroatoms. The minimum absolute atomic E-state index is 0.0194. The Kier molecular flexibility index (Phi) is 4.11. The third-order valence-corrected chi connectivity index (χ3v) is 6.04. The Morgan fingerprint density at radius 2 is 2.04 bits per heavy atom. The van der Waals surface area contributed by atoms with Crippen LogP contribution in [0, 0.1) is 11.6 Å². The van der Waals surface area contributed by atoms with Gasteiger partial charge in [-0.2, -0.15) is 0 Å². The van der Waals surface area contributed by atoms with Crippen LogP contribution in [0.25, 0.3) is 0 Å². The van der Waals surface area contributed by atoms with Gasteiger partial charge in [0.25, 0.3) is 5.91 Å². The quantitative estimate of drug-likeness (QED) is 0.841. The minimum Gasteiger partial charge on any atom is -0.488 e. The van der Waals surface area contributed by atoms with E-state index in [1.807, 2.05) is 12.1 Å². The van der Waals surface area contributed by atoms with E-state index in [1.54, 1.807) is 29.1 Å². The van der Waals surface area contributed by atoms with E-state index in [2.05, 4.69) is 4.98 Å². The van der Waals surface area contributed by atoms with E-state index in [4.69, 9.17) is 4.74 Å². The Morgan fingerprint density at radius 3 is 2.72 bits per heavy atom. The van der Waals surface area contributed by atoms with E-state index in [0.29, 0.717) is 13.1 Å². The van der Waals surface area contributed by atoms with Crippen LogP contribution in [0.3, 0.4) is 0 Å². The van der Waals surface area contributed by atoms with Crippen molar-refractivity contribution in [3.05, 3.63) is 59.9 Å². The maximum Gasteiger partial charge on any atom is 0.254 e. The van der Waals surface area contributed by atoms with Crippen LogP contribution in [0.2, 0.25) is 0 Å². The lowest BCUT2D eigenvalue weighted by Gasteiger charge is -2.47. The molecule has 4 nitrogen and oxygen atoms in total. The van der Waals surface area contributed by atoms with Crippen LogP contribution in [0.5, 0.6) is 5.75 Å². The second-order valence-corrected chi connectivity index (χ2v) is 7.93. The maximum atomic E-state index is 13.3. The predicted octanol–water partition coefficient (Wildman–Crippen LogP) is 3.14. The first-order valence-corrected chi connectivity index (χ1v) is 8.98. The lowest BCUT2D eigenvalue weighted by atomic mass is 9.92. The van der Waals surface area contributed by atoms with Crippen molar-refractivity contribution < 1.29 is 18.3 Å². The number of halogens is 2. The highest BCUT2D eigenvalue weighted by Crippen LogP contribution is 2.46. The van der Waals surface area contributed by atoms with Crippen molar-refractivity contribution in [3.63, 3.8) is 0 Å². The number of carbonyl (C=O) groups is 1. The summed E-state index contributed by atoms with van der Waals surface area (Å²) < 4.78 is 32.5. The normalized spacial score (nSPS) is 21.2. The largest absolute Gasteiger partial charge is 0.488 e. The highest BCUT2D eigenvalue weighted by molar-refractivity contribution is 8.01. The Labute approximate surface area is 148 Å². The highest BCUT2D eigenvalue weighted by atomic mass is 32.2. The number of amides is 1. The number of aromatic nitrogens is 1. The molecular weight excluding hydrogens is 346 g/mol. The van der Waals surface area contributed by atoms with Crippen LogP contribution >= 0.6 is 11.8 Å². The van der Waals surface area contributed by atoms with Crippen molar-refractivity contribution in [1.29, 1.82) is 0 Å². The first-order chi connectivity index (χ1) is 12.0. The molecule has 25 heavy (non-hydrogen) atoms. The van der Waals surface area contributed by atoms with Crippen molar-refractivity contribution in [1.82, 2.24) is 9.88 Å². The summed E-state index contributed by atoms with van der Waals surface area (Å²) in [5.41, 5.74) is 0.0542. The number of ether oxygens (including phenoxy) is 1. The molecule has 1 atom stereocenters. The van der Waals surface area contributed by atoms with Gasteiger partial charge in [-0.3, -0.25) is 9.78 Å². The highest BCUT2D eigenvalue weighted by Gasteiger charge is 2.51. The zero-order chi connectivity index (χ0) is 17.4. The van der Waals surface area contributed by atoms with Gasteiger partial charge in [-0.15, -0.1) is 11.8 Å². The number of pyridine rings is 1. The molecular formula is C18H16F2N2O2S. The average molecular weight is 362 g/mol. The van der Waals surface area contributed by atoms with Crippen molar-refractivity contribution in [3.8, 4) is 5.75 Å². The fourth-order valence-electron chi connectivity index (χ4n) is 3.36. The van der Waals surface area contributed by atoms with Crippen molar-refractivity contribution >= 4 is 17.7 Å². The molecule has 130 valence electrons. The van der Waals surface area contributed by atoms with Gasteiger partial charge in [-0.1, -0.05) is 0 Å². The van der Waals surface area contributed by atoms with E-state index < -0.39 is 11.6 Å². The molecule has 1 aromatic carbocycles. The minimum atomic E-state index is -0.737. The molecule has 0 radical (unpaired) electrons. The SMILES string of the molecule is O=C(c1cc(F)cc(F)c1)N1CC2(C[C@H](Oc3cccnc3)CS2)C1. The van der Waals surface area contributed by atoms with Crippen LogP contribution in [0.4, 0.5) is 8.78 Å². The second-order valence-electron chi connectivity index (χ2n) is 6.45. The summed E-state index contributed by atoms with van der Waals surface area (Å²) in [4.78, 5) is 18.1. The third-order valence-electron chi connectivity index (χ3n) is 4.47. The van der Waals surface area contributed by atoms with Crippen LogP contribution in [0.15, 0.2) is 42.7 Å². The van der Waals surface area contributed by atoms with E-state index in [-0.39, 0.29) is 22.3 Å². The number of nitrogens with zero attached hydrogens (tertiary/aromatic N) is 2. The Balaban J connectivity index is 1.36. The van der Waals surface area contributed by atoms with E-state index in [0.717, 1.165) is 36.1 Å². The fraction of sp³-hybridized carbons (Fsp3) is 0.333. The molecule has 1 aromatic heterocycles. The molecule has 2 aliphatic rings. The zero-order valence-corrected chi connectivity index (χ0v) is 14.1. The summed E-state index contributed by atoms with van der Waals surface area (Å²) in [6.45, 7) is 1.14. The molecule has 0 unspecified atom stereocenters. The number of thioether (sulfide) groups is 1. The third kappa shape index (κ3) is 3.33. The maximum absolute atomic E-state index is 13.3. The topological polar surface area (TPSA) is 42.4 Å². The Morgan fingerprint density at radius 1 is 1.28 bits per heavy atom. The van der Waals surface area contributed by atoms with Crippen molar-refractivity contribution in [2.24, 2.45) is 0 Å². The zero-order valence-electron chi connectivity index (χ0n) is 13.3. The molecule has 1 spiro atoms. The van der Waals surface area contributed by atoms with Crippen LogP contribution in [-0.2, 0) is 0 Å². The molecule has 0 N–H and O–H groups in total.